The van der Waals surface area contributed by atoms with Crippen LogP contribution in [-0.2, 0) is 10.0 Å². The minimum Gasteiger partial charge on any atom is -0.492 e. The van der Waals surface area contributed by atoms with Gasteiger partial charge in [-0.2, -0.15) is 0 Å². The Labute approximate surface area is 120 Å². The van der Waals surface area contributed by atoms with Crippen molar-refractivity contribution < 1.29 is 13.2 Å². The van der Waals surface area contributed by atoms with E-state index in [0.717, 1.165) is 25.9 Å². The predicted molar refractivity (Wildman–Crippen MR) is 80.6 cm³/mol. The molecule has 112 valence electrons. The third kappa shape index (κ3) is 4.38. The third-order valence-corrected chi connectivity index (χ3v) is 4.75. The second-order valence-electron chi connectivity index (χ2n) is 5.03. The van der Waals surface area contributed by atoms with E-state index in [1.807, 2.05) is 13.0 Å². The van der Waals surface area contributed by atoms with Crippen molar-refractivity contribution in [2.24, 2.45) is 5.92 Å². The summed E-state index contributed by atoms with van der Waals surface area (Å²) in [7, 11) is -3.35. The maximum Gasteiger partial charge on any atom is 0.233 e. The Morgan fingerprint density at radius 2 is 2.20 bits per heavy atom. The average Bonchev–Trinajstić information content (AvgIpc) is 2.41. The number of hydrogen-bond donors (Lipinski definition) is 2. The van der Waals surface area contributed by atoms with Gasteiger partial charge in [-0.25, -0.2) is 8.42 Å². The molecule has 1 atom stereocenters. The quantitative estimate of drug-likeness (QED) is 0.841. The zero-order chi connectivity index (χ0) is 14.4. The smallest absolute Gasteiger partial charge is 0.233 e. The molecule has 2 N–H and O–H groups in total. The Morgan fingerprint density at radius 1 is 1.40 bits per heavy atom. The van der Waals surface area contributed by atoms with Crippen molar-refractivity contribution in [2.75, 3.05) is 30.2 Å². The molecule has 20 heavy (non-hydrogen) atoms. The number of ether oxygens (including phenoxy) is 1. The molecule has 0 aliphatic carbocycles. The van der Waals surface area contributed by atoms with E-state index >= 15 is 0 Å². The first-order valence-electron chi connectivity index (χ1n) is 7.04. The van der Waals surface area contributed by atoms with Crippen LogP contribution in [0.3, 0.4) is 0 Å². The molecule has 0 radical (unpaired) electrons. The molecule has 1 aromatic rings. The number of hydrogen-bond acceptors (Lipinski definition) is 4. The van der Waals surface area contributed by atoms with Crippen molar-refractivity contribution in [3.05, 3.63) is 24.3 Å². The van der Waals surface area contributed by atoms with Gasteiger partial charge in [0.2, 0.25) is 10.0 Å². The second kappa shape index (κ2) is 6.95. The van der Waals surface area contributed by atoms with E-state index in [0.29, 0.717) is 18.0 Å². The standard InChI is InChI=1S/C14H22N2O3S/c1-2-19-14-8-4-3-7-13(14)16-20(17,18)11-12-6-5-9-15-10-12/h3-4,7-8,12,15-16H,2,5-6,9-11H2,1H3. The van der Waals surface area contributed by atoms with Gasteiger partial charge in [0.15, 0.2) is 0 Å². The van der Waals surface area contributed by atoms with E-state index in [2.05, 4.69) is 10.0 Å². The predicted octanol–water partition coefficient (Wildman–Crippen LogP) is 1.83. The molecule has 2 rings (SSSR count). The molecule has 0 spiro atoms. The number of para-hydroxylation sites is 2. The van der Waals surface area contributed by atoms with Crippen LogP contribution in [0.2, 0.25) is 0 Å². The number of benzene rings is 1. The minimum atomic E-state index is -3.35. The van der Waals surface area contributed by atoms with Crippen molar-refractivity contribution in [3.63, 3.8) is 0 Å². The Bertz CT molecular complexity index is 525. The molecule has 5 nitrogen and oxygen atoms in total. The Hall–Kier alpha value is -1.27. The first-order valence-corrected chi connectivity index (χ1v) is 8.69. The molecule has 6 heteroatoms. The fourth-order valence-electron chi connectivity index (χ4n) is 2.42. The lowest BCUT2D eigenvalue weighted by molar-refractivity contribution is 0.342. The molecule has 1 heterocycles. The van der Waals surface area contributed by atoms with Crippen LogP contribution < -0.4 is 14.8 Å². The fourth-order valence-corrected chi connectivity index (χ4v) is 3.91. The number of nitrogens with one attached hydrogen (secondary N) is 2. The third-order valence-electron chi connectivity index (χ3n) is 3.31. The van der Waals surface area contributed by atoms with Crippen LogP contribution in [0, 0.1) is 5.92 Å². The first-order chi connectivity index (χ1) is 9.61. The highest BCUT2D eigenvalue weighted by Crippen LogP contribution is 2.25. The number of piperidine rings is 1. The van der Waals surface area contributed by atoms with Crippen molar-refractivity contribution in [1.82, 2.24) is 5.32 Å². The lowest BCUT2D eigenvalue weighted by Gasteiger charge is -2.23. The molecule has 1 fully saturated rings. The summed E-state index contributed by atoms with van der Waals surface area (Å²) in [6, 6.07) is 7.11. The summed E-state index contributed by atoms with van der Waals surface area (Å²) in [5.41, 5.74) is 0.512. The van der Waals surface area contributed by atoms with Gasteiger partial charge in [-0.3, -0.25) is 4.72 Å². The summed E-state index contributed by atoms with van der Waals surface area (Å²) >= 11 is 0. The maximum atomic E-state index is 12.2. The zero-order valence-electron chi connectivity index (χ0n) is 11.8. The summed E-state index contributed by atoms with van der Waals surface area (Å²) in [5, 5.41) is 3.24. The normalized spacial score (nSPS) is 19.6. The van der Waals surface area contributed by atoms with Gasteiger partial charge in [0.1, 0.15) is 5.75 Å². The van der Waals surface area contributed by atoms with Crippen LogP contribution in [0.4, 0.5) is 5.69 Å². The molecule has 1 aromatic carbocycles. The van der Waals surface area contributed by atoms with Crippen LogP contribution in [-0.4, -0.2) is 33.9 Å². The van der Waals surface area contributed by atoms with Gasteiger partial charge in [-0.05, 0) is 50.9 Å². The van der Waals surface area contributed by atoms with E-state index in [4.69, 9.17) is 4.74 Å². The van der Waals surface area contributed by atoms with E-state index in [-0.39, 0.29) is 11.7 Å². The van der Waals surface area contributed by atoms with Crippen LogP contribution in [0.15, 0.2) is 24.3 Å². The molecule has 0 aromatic heterocycles. The van der Waals surface area contributed by atoms with Crippen LogP contribution in [0.5, 0.6) is 5.75 Å². The van der Waals surface area contributed by atoms with Gasteiger partial charge < -0.3 is 10.1 Å². The summed E-state index contributed by atoms with van der Waals surface area (Å²) < 4.78 is 32.5. The van der Waals surface area contributed by atoms with Crippen molar-refractivity contribution >= 4 is 15.7 Å². The highest BCUT2D eigenvalue weighted by molar-refractivity contribution is 7.92. The van der Waals surface area contributed by atoms with Gasteiger partial charge >= 0.3 is 0 Å². The van der Waals surface area contributed by atoms with Crippen molar-refractivity contribution in [1.29, 1.82) is 0 Å². The first kappa shape index (κ1) is 15.1. The molecule has 1 aliphatic heterocycles. The maximum absolute atomic E-state index is 12.2. The van der Waals surface area contributed by atoms with Crippen LogP contribution in [0.1, 0.15) is 19.8 Å². The molecule has 1 unspecified atom stereocenters. The monoisotopic (exact) mass is 298 g/mol. The second-order valence-corrected chi connectivity index (χ2v) is 6.79. The molecular formula is C14H22N2O3S. The lowest BCUT2D eigenvalue weighted by atomic mass is 10.0. The van der Waals surface area contributed by atoms with Crippen molar-refractivity contribution in [2.45, 2.75) is 19.8 Å². The topological polar surface area (TPSA) is 67.4 Å². The molecule has 1 aliphatic rings. The van der Waals surface area contributed by atoms with E-state index in [1.54, 1.807) is 18.2 Å². The van der Waals surface area contributed by atoms with Gasteiger partial charge in [-0.1, -0.05) is 12.1 Å². The van der Waals surface area contributed by atoms with Gasteiger partial charge in [-0.15, -0.1) is 0 Å². The Balaban J connectivity index is 2.03. The zero-order valence-corrected chi connectivity index (χ0v) is 12.6. The molecular weight excluding hydrogens is 276 g/mol. The van der Waals surface area contributed by atoms with Crippen molar-refractivity contribution in [3.8, 4) is 5.75 Å². The minimum absolute atomic E-state index is 0.153. The van der Waals surface area contributed by atoms with E-state index in [9.17, 15) is 8.42 Å². The summed E-state index contributed by atoms with van der Waals surface area (Å²) in [4.78, 5) is 0. The Kier molecular flexibility index (Phi) is 5.25. The number of sulfonamides is 1. The van der Waals surface area contributed by atoms with Gasteiger partial charge in [0.25, 0.3) is 0 Å². The average molecular weight is 298 g/mol. The van der Waals surface area contributed by atoms with Crippen LogP contribution >= 0.6 is 0 Å². The number of anilines is 1. The van der Waals surface area contributed by atoms with Gasteiger partial charge in [0.05, 0.1) is 18.0 Å². The summed E-state index contributed by atoms with van der Waals surface area (Å²) in [5.74, 6) is 0.904. The van der Waals surface area contributed by atoms with Gasteiger partial charge in [0, 0.05) is 0 Å². The lowest BCUT2D eigenvalue weighted by Crippen LogP contribution is -2.35. The Morgan fingerprint density at radius 3 is 2.90 bits per heavy atom. The van der Waals surface area contributed by atoms with Crippen LogP contribution in [0.25, 0.3) is 0 Å². The fraction of sp³-hybridized carbons (Fsp3) is 0.571. The highest BCUT2D eigenvalue weighted by Gasteiger charge is 2.22. The summed E-state index contributed by atoms with van der Waals surface area (Å²) in [6.07, 6.45) is 2.00. The summed E-state index contributed by atoms with van der Waals surface area (Å²) in [6.45, 7) is 4.13. The SMILES string of the molecule is CCOc1ccccc1NS(=O)(=O)CC1CCCNC1. The molecule has 0 bridgehead atoms. The highest BCUT2D eigenvalue weighted by atomic mass is 32.2. The largest absolute Gasteiger partial charge is 0.492 e. The molecule has 0 saturated carbocycles. The molecule has 1 saturated heterocycles. The molecule has 0 amide bonds. The number of rotatable bonds is 6. The van der Waals surface area contributed by atoms with E-state index in [1.165, 1.54) is 0 Å². The van der Waals surface area contributed by atoms with E-state index < -0.39 is 10.0 Å².